The van der Waals surface area contributed by atoms with Crippen molar-refractivity contribution in [1.29, 1.82) is 0 Å². The Morgan fingerprint density at radius 3 is 1.96 bits per heavy atom. The van der Waals surface area contributed by atoms with Gasteiger partial charge < -0.3 is 47.1 Å². The molecule has 14 heteroatoms. The standard InChI is InChI=1S/C54H72O12Si2/c1-39(66-68(53(2,3)4,43-26-18-14-19-27-43)44-28-20-15-21-29-44)45(61-37-57-7)31-32-46(63-51(55)40-23-16-13-17-24-40)50-47(64-54(5,6)65-50)30-22-25-41-35-42(59-9)36-48(62-38-58-8)49(41)52(56)60-33-34-67(10,11)12/h13-29,31-32,35-36,39,45-47,50H,30,33-34,37-38H2,1-12H3/b25-22+,32-31-/t39-,45+,46?,47-,50+/m0/s1. The van der Waals surface area contributed by atoms with Crippen molar-refractivity contribution in [3.8, 4) is 11.5 Å². The van der Waals surface area contributed by atoms with Crippen molar-refractivity contribution in [2.75, 3.05) is 41.5 Å². The Bertz CT molecular complexity index is 2220. The molecule has 0 aromatic heterocycles. The second-order valence-corrected chi connectivity index (χ2v) is 29.4. The molecule has 0 amide bonds. The summed E-state index contributed by atoms with van der Waals surface area (Å²) in [4.78, 5) is 27.7. The van der Waals surface area contributed by atoms with E-state index in [0.29, 0.717) is 23.3 Å². The van der Waals surface area contributed by atoms with Crippen LogP contribution in [0.3, 0.4) is 0 Å². The van der Waals surface area contributed by atoms with Crippen LogP contribution in [-0.2, 0) is 37.6 Å². The normalized spacial score (nSPS) is 17.8. The van der Waals surface area contributed by atoms with Crippen LogP contribution in [0, 0.1) is 0 Å². The molecule has 368 valence electrons. The number of methoxy groups -OCH3 is 3. The van der Waals surface area contributed by atoms with Gasteiger partial charge in [0.15, 0.2) is 12.6 Å². The number of carbonyl (C=O) groups excluding carboxylic acids is 2. The largest absolute Gasteiger partial charge is 0.497 e. The summed E-state index contributed by atoms with van der Waals surface area (Å²) in [6, 6.07) is 33.8. The lowest BCUT2D eigenvalue weighted by Gasteiger charge is -2.45. The van der Waals surface area contributed by atoms with Crippen LogP contribution in [0.1, 0.15) is 74.2 Å². The molecule has 0 aliphatic carbocycles. The molecule has 12 nitrogen and oxygen atoms in total. The van der Waals surface area contributed by atoms with Crippen LogP contribution in [0.25, 0.3) is 6.08 Å². The first-order chi connectivity index (χ1) is 32.3. The van der Waals surface area contributed by atoms with Gasteiger partial charge in [-0.2, -0.15) is 0 Å². The van der Waals surface area contributed by atoms with Crippen molar-refractivity contribution in [2.24, 2.45) is 0 Å². The summed E-state index contributed by atoms with van der Waals surface area (Å²) in [5.74, 6) is -1.37. The van der Waals surface area contributed by atoms with E-state index in [4.69, 9.17) is 47.1 Å². The van der Waals surface area contributed by atoms with Gasteiger partial charge in [-0.3, -0.25) is 0 Å². The maximum Gasteiger partial charge on any atom is 0.342 e. The number of esters is 2. The van der Waals surface area contributed by atoms with E-state index in [1.807, 2.05) is 57.2 Å². The molecule has 1 aliphatic heterocycles. The summed E-state index contributed by atoms with van der Waals surface area (Å²) in [7, 11) is 0.108. The molecule has 0 bridgehead atoms. The zero-order valence-corrected chi connectivity index (χ0v) is 43.9. The summed E-state index contributed by atoms with van der Waals surface area (Å²) < 4.78 is 61.4. The number of ether oxygens (including phenoxy) is 9. The van der Waals surface area contributed by atoms with Crippen LogP contribution in [0.4, 0.5) is 0 Å². The average Bonchev–Trinajstić information content (AvgIpc) is 3.62. The van der Waals surface area contributed by atoms with Gasteiger partial charge in [0, 0.05) is 28.4 Å². The average molecular weight is 969 g/mol. The molecule has 4 aromatic rings. The molecule has 5 rings (SSSR count). The quantitative estimate of drug-likeness (QED) is 0.0287. The predicted octanol–water partition coefficient (Wildman–Crippen LogP) is 9.83. The molecule has 0 spiro atoms. The maximum absolute atomic E-state index is 13.9. The molecule has 0 N–H and O–H groups in total. The molecule has 68 heavy (non-hydrogen) atoms. The summed E-state index contributed by atoms with van der Waals surface area (Å²) in [5.41, 5.74) is 1.14. The molecule has 0 radical (unpaired) electrons. The monoisotopic (exact) mass is 968 g/mol. The topological polar surface area (TPSA) is 126 Å². The van der Waals surface area contributed by atoms with Gasteiger partial charge in [-0.05, 0) is 78.5 Å². The van der Waals surface area contributed by atoms with E-state index in [2.05, 4.69) is 88.9 Å². The molecule has 1 unspecified atom stereocenters. The highest BCUT2D eigenvalue weighted by Crippen LogP contribution is 2.39. The fraction of sp³-hybridized carbons (Fsp3) is 0.444. The summed E-state index contributed by atoms with van der Waals surface area (Å²) in [6.45, 7) is 19.2. The maximum atomic E-state index is 13.9. The van der Waals surface area contributed by atoms with E-state index in [9.17, 15) is 9.59 Å². The van der Waals surface area contributed by atoms with Gasteiger partial charge >= 0.3 is 11.9 Å². The Labute approximate surface area is 406 Å². The highest BCUT2D eigenvalue weighted by atomic mass is 28.4. The lowest BCUT2D eigenvalue weighted by Crippen LogP contribution is -2.68. The van der Waals surface area contributed by atoms with Crippen molar-refractivity contribution in [1.82, 2.24) is 0 Å². The van der Waals surface area contributed by atoms with Gasteiger partial charge in [0.2, 0.25) is 0 Å². The molecular weight excluding hydrogens is 897 g/mol. The van der Waals surface area contributed by atoms with Crippen LogP contribution < -0.4 is 19.8 Å². The van der Waals surface area contributed by atoms with Gasteiger partial charge in [-0.25, -0.2) is 9.59 Å². The van der Waals surface area contributed by atoms with E-state index in [0.717, 1.165) is 16.4 Å². The van der Waals surface area contributed by atoms with Gasteiger partial charge in [0.25, 0.3) is 8.32 Å². The van der Waals surface area contributed by atoms with E-state index in [1.54, 1.807) is 56.7 Å². The number of benzene rings is 4. The molecule has 1 heterocycles. The zero-order valence-electron chi connectivity index (χ0n) is 41.9. The third-order valence-corrected chi connectivity index (χ3v) is 18.4. The van der Waals surface area contributed by atoms with Crippen molar-refractivity contribution in [3.05, 3.63) is 138 Å². The Morgan fingerprint density at radius 1 is 0.794 bits per heavy atom. The molecule has 1 aliphatic rings. The Kier molecular flexibility index (Phi) is 19.5. The third kappa shape index (κ3) is 14.6. The van der Waals surface area contributed by atoms with Crippen LogP contribution in [-0.4, -0.2) is 106 Å². The third-order valence-electron chi connectivity index (χ3n) is 11.5. The summed E-state index contributed by atoms with van der Waals surface area (Å²) in [6.07, 6.45) is 4.13. The zero-order chi connectivity index (χ0) is 49.5. The summed E-state index contributed by atoms with van der Waals surface area (Å²) in [5, 5.41) is 1.96. The fourth-order valence-electron chi connectivity index (χ4n) is 8.22. The van der Waals surface area contributed by atoms with Crippen molar-refractivity contribution < 1.29 is 56.6 Å². The van der Waals surface area contributed by atoms with Gasteiger partial charge in [-0.15, -0.1) is 0 Å². The second kappa shape index (κ2) is 24.6. The molecule has 1 saturated heterocycles. The van der Waals surface area contributed by atoms with Gasteiger partial charge in [0.1, 0.15) is 42.2 Å². The van der Waals surface area contributed by atoms with E-state index >= 15 is 0 Å². The number of carbonyl (C=O) groups is 2. The molecule has 0 saturated carbocycles. The highest BCUT2D eigenvalue weighted by Gasteiger charge is 2.52. The Balaban J connectivity index is 1.53. The minimum atomic E-state index is -3.02. The Morgan fingerprint density at radius 2 is 1.40 bits per heavy atom. The molecular formula is C54H72O12Si2. The molecule has 4 aromatic carbocycles. The first-order valence-electron chi connectivity index (χ1n) is 23.2. The number of hydrogen-bond donors (Lipinski definition) is 0. The SMILES string of the molecule is COCOc1cc(OC)cc(/C=C/C[C@@H]2OC(C)(C)O[C@@H]2C(/C=C\[C@@H](OCOC)[C@H](C)O[Si](c2ccccc2)(c2ccccc2)C(C)(C)C)OC(=O)c2ccccc2)c1C(=O)OCC[Si](C)(C)C. The Hall–Kier alpha value is -4.91. The fourth-order valence-corrected chi connectivity index (χ4v) is 13.6. The van der Waals surface area contributed by atoms with Crippen LogP contribution in [0.2, 0.25) is 30.7 Å². The van der Waals surface area contributed by atoms with Crippen molar-refractivity contribution >= 4 is 44.8 Å². The van der Waals surface area contributed by atoms with E-state index in [-0.39, 0.29) is 36.5 Å². The smallest absolute Gasteiger partial charge is 0.342 e. The minimum Gasteiger partial charge on any atom is -0.497 e. The predicted molar refractivity (Wildman–Crippen MR) is 271 cm³/mol. The first kappa shape index (κ1) is 54.0. The number of rotatable bonds is 24. The minimum absolute atomic E-state index is 0.0161. The highest BCUT2D eigenvalue weighted by molar-refractivity contribution is 6.99. The van der Waals surface area contributed by atoms with Crippen molar-refractivity contribution in [3.63, 3.8) is 0 Å². The van der Waals surface area contributed by atoms with Gasteiger partial charge in [0.05, 0.1) is 31.5 Å². The van der Waals surface area contributed by atoms with Crippen LogP contribution >= 0.6 is 0 Å². The van der Waals surface area contributed by atoms with Crippen molar-refractivity contribution in [2.45, 2.75) is 115 Å². The summed E-state index contributed by atoms with van der Waals surface area (Å²) >= 11 is 0. The molecule has 1 fully saturated rings. The van der Waals surface area contributed by atoms with Crippen LogP contribution in [0.15, 0.2) is 121 Å². The van der Waals surface area contributed by atoms with E-state index < -0.39 is 64.6 Å². The van der Waals surface area contributed by atoms with Gasteiger partial charge in [-0.1, -0.05) is 138 Å². The number of hydrogen-bond acceptors (Lipinski definition) is 12. The lowest BCUT2D eigenvalue weighted by atomic mass is 10.0. The van der Waals surface area contributed by atoms with Crippen LogP contribution in [0.5, 0.6) is 11.5 Å². The van der Waals surface area contributed by atoms with E-state index in [1.165, 1.54) is 7.11 Å². The lowest BCUT2D eigenvalue weighted by molar-refractivity contribution is -0.152. The first-order valence-corrected chi connectivity index (χ1v) is 28.8. The molecule has 5 atom stereocenters. The second-order valence-electron chi connectivity index (χ2n) is 19.5.